The summed E-state index contributed by atoms with van der Waals surface area (Å²) in [4.78, 5) is 13.7. The number of rotatable bonds is 3. The standard InChI is InChI=1S/C13H16BrCl2NO3S/c1-13(2,3)7-17(4)12(18)9-5-8(14)6-10(11(9)15)21(16,19)20/h5-6H,7H2,1-4H3. The van der Waals surface area contributed by atoms with Crippen LogP contribution in [0, 0.1) is 5.41 Å². The second kappa shape index (κ2) is 6.44. The molecule has 0 aliphatic rings. The van der Waals surface area contributed by atoms with Crippen molar-refractivity contribution in [2.45, 2.75) is 25.7 Å². The van der Waals surface area contributed by atoms with Crippen molar-refractivity contribution in [1.29, 1.82) is 0 Å². The van der Waals surface area contributed by atoms with E-state index in [1.807, 2.05) is 20.8 Å². The van der Waals surface area contributed by atoms with Crippen LogP contribution in [0.2, 0.25) is 5.02 Å². The summed E-state index contributed by atoms with van der Waals surface area (Å²) in [7, 11) is 2.95. The number of halogens is 3. The summed E-state index contributed by atoms with van der Waals surface area (Å²) in [5.74, 6) is -0.363. The molecule has 1 aromatic carbocycles. The molecule has 0 fully saturated rings. The third-order valence-corrected chi connectivity index (χ3v) is 4.88. The molecule has 0 heterocycles. The molecule has 0 bridgehead atoms. The minimum atomic E-state index is -4.03. The molecule has 0 atom stereocenters. The van der Waals surface area contributed by atoms with Crippen molar-refractivity contribution in [3.05, 3.63) is 27.2 Å². The average molecular weight is 417 g/mol. The summed E-state index contributed by atoms with van der Waals surface area (Å²) in [6, 6.07) is 2.75. The van der Waals surface area contributed by atoms with E-state index in [1.165, 1.54) is 17.0 Å². The second-order valence-corrected chi connectivity index (χ2v) is 9.75. The molecule has 0 N–H and O–H groups in total. The number of amides is 1. The average Bonchev–Trinajstić information content (AvgIpc) is 2.27. The van der Waals surface area contributed by atoms with Gasteiger partial charge in [-0.3, -0.25) is 4.79 Å². The molecule has 0 aliphatic heterocycles. The van der Waals surface area contributed by atoms with E-state index in [1.54, 1.807) is 7.05 Å². The molecule has 1 rings (SSSR count). The van der Waals surface area contributed by atoms with Crippen LogP contribution >= 0.6 is 38.2 Å². The molecule has 8 heteroatoms. The van der Waals surface area contributed by atoms with E-state index in [4.69, 9.17) is 22.3 Å². The van der Waals surface area contributed by atoms with Crippen molar-refractivity contribution >= 4 is 53.2 Å². The first-order valence-corrected chi connectivity index (χ1v) is 9.50. The molecular weight excluding hydrogens is 401 g/mol. The van der Waals surface area contributed by atoms with Gasteiger partial charge in [0.25, 0.3) is 15.0 Å². The molecule has 21 heavy (non-hydrogen) atoms. The van der Waals surface area contributed by atoms with Crippen molar-refractivity contribution in [1.82, 2.24) is 4.90 Å². The van der Waals surface area contributed by atoms with Crippen molar-refractivity contribution in [2.75, 3.05) is 13.6 Å². The van der Waals surface area contributed by atoms with Gasteiger partial charge in [-0.1, -0.05) is 48.3 Å². The maximum absolute atomic E-state index is 12.5. The normalized spacial score (nSPS) is 12.3. The van der Waals surface area contributed by atoms with E-state index in [2.05, 4.69) is 15.9 Å². The Hall–Kier alpha value is -0.300. The predicted octanol–water partition coefficient (Wildman–Crippen LogP) is 4.15. The summed E-state index contributed by atoms with van der Waals surface area (Å²) in [5, 5.41) is -0.168. The van der Waals surface area contributed by atoms with Gasteiger partial charge in [0.2, 0.25) is 0 Å². The van der Waals surface area contributed by atoms with Crippen LogP contribution in [0.25, 0.3) is 0 Å². The molecule has 118 valence electrons. The van der Waals surface area contributed by atoms with Crippen molar-refractivity contribution in [3.63, 3.8) is 0 Å². The molecule has 0 aromatic heterocycles. The van der Waals surface area contributed by atoms with Crippen LogP contribution in [0.1, 0.15) is 31.1 Å². The number of hydrogen-bond donors (Lipinski definition) is 0. The third-order valence-electron chi connectivity index (χ3n) is 2.56. The molecular formula is C13H16BrCl2NO3S. The van der Waals surface area contributed by atoms with Crippen LogP contribution < -0.4 is 0 Å². The van der Waals surface area contributed by atoms with Gasteiger partial charge in [0.1, 0.15) is 4.90 Å². The first-order valence-electron chi connectivity index (χ1n) is 6.02. The SMILES string of the molecule is CN(CC(C)(C)C)C(=O)c1cc(Br)cc(S(=O)(=O)Cl)c1Cl. The quantitative estimate of drug-likeness (QED) is 0.695. The van der Waals surface area contributed by atoms with Crippen molar-refractivity contribution in [3.8, 4) is 0 Å². The molecule has 0 aliphatic carbocycles. The zero-order valence-corrected chi connectivity index (χ0v) is 16.0. The van der Waals surface area contributed by atoms with E-state index in [0.717, 1.165) is 0 Å². The highest BCUT2D eigenvalue weighted by molar-refractivity contribution is 9.10. The van der Waals surface area contributed by atoms with Crippen molar-refractivity contribution < 1.29 is 13.2 Å². The van der Waals surface area contributed by atoms with Gasteiger partial charge < -0.3 is 4.90 Å². The minimum absolute atomic E-state index is 0.0930. The summed E-state index contributed by atoms with van der Waals surface area (Å²) < 4.78 is 23.4. The van der Waals surface area contributed by atoms with E-state index in [-0.39, 0.29) is 26.8 Å². The first kappa shape index (κ1) is 18.7. The Morgan fingerprint density at radius 1 is 1.33 bits per heavy atom. The lowest BCUT2D eigenvalue weighted by atomic mass is 9.96. The highest BCUT2D eigenvalue weighted by Gasteiger charge is 2.25. The van der Waals surface area contributed by atoms with Gasteiger partial charge in [-0.25, -0.2) is 8.42 Å². The summed E-state index contributed by atoms with van der Waals surface area (Å²) >= 11 is 9.21. The second-order valence-electron chi connectivity index (χ2n) is 5.93. The van der Waals surface area contributed by atoms with E-state index in [0.29, 0.717) is 11.0 Å². The smallest absolute Gasteiger partial charge is 0.262 e. The van der Waals surface area contributed by atoms with Crippen LogP contribution in [-0.4, -0.2) is 32.8 Å². The van der Waals surface area contributed by atoms with Gasteiger partial charge in [0.05, 0.1) is 10.6 Å². The summed E-state index contributed by atoms with van der Waals surface area (Å²) in [6.07, 6.45) is 0. The maximum atomic E-state index is 12.5. The molecule has 1 amide bonds. The summed E-state index contributed by atoms with van der Waals surface area (Å²) in [6.45, 7) is 6.48. The highest BCUT2D eigenvalue weighted by atomic mass is 79.9. The number of benzene rings is 1. The Morgan fingerprint density at radius 3 is 2.29 bits per heavy atom. The Balaban J connectivity index is 3.32. The van der Waals surface area contributed by atoms with Crippen LogP contribution in [0.5, 0.6) is 0 Å². The van der Waals surface area contributed by atoms with Crippen LogP contribution in [-0.2, 0) is 9.05 Å². The van der Waals surface area contributed by atoms with E-state index < -0.39 is 9.05 Å². The number of carbonyl (C=O) groups excluding carboxylic acids is 1. The fourth-order valence-corrected chi connectivity index (χ4v) is 4.07. The van der Waals surface area contributed by atoms with Gasteiger partial charge in [-0.15, -0.1) is 0 Å². The van der Waals surface area contributed by atoms with Crippen LogP contribution in [0.15, 0.2) is 21.5 Å². The lowest BCUT2D eigenvalue weighted by Gasteiger charge is -2.27. The van der Waals surface area contributed by atoms with E-state index >= 15 is 0 Å². The van der Waals surface area contributed by atoms with Gasteiger partial charge in [0.15, 0.2) is 0 Å². The minimum Gasteiger partial charge on any atom is -0.341 e. The van der Waals surface area contributed by atoms with Crippen LogP contribution in [0.4, 0.5) is 0 Å². The molecule has 0 unspecified atom stereocenters. The fourth-order valence-electron chi connectivity index (χ4n) is 1.89. The molecule has 0 spiro atoms. The third kappa shape index (κ3) is 5.13. The van der Waals surface area contributed by atoms with Crippen molar-refractivity contribution in [2.24, 2.45) is 5.41 Å². The molecule has 4 nitrogen and oxygen atoms in total. The number of hydrogen-bond acceptors (Lipinski definition) is 3. The Bertz CT molecular complexity index is 669. The molecule has 0 saturated heterocycles. The molecule has 0 radical (unpaired) electrons. The summed E-state index contributed by atoms with van der Waals surface area (Å²) in [5.41, 5.74) is 0.00149. The lowest BCUT2D eigenvalue weighted by molar-refractivity contribution is 0.0745. The van der Waals surface area contributed by atoms with Gasteiger partial charge >= 0.3 is 0 Å². The first-order chi connectivity index (χ1) is 9.33. The number of nitrogens with zero attached hydrogens (tertiary/aromatic N) is 1. The zero-order valence-electron chi connectivity index (χ0n) is 12.1. The predicted molar refractivity (Wildman–Crippen MR) is 88.6 cm³/mol. The topological polar surface area (TPSA) is 54.5 Å². The maximum Gasteiger partial charge on any atom is 0.262 e. The van der Waals surface area contributed by atoms with Gasteiger partial charge in [-0.05, 0) is 17.5 Å². The molecule has 1 aromatic rings. The van der Waals surface area contributed by atoms with Gasteiger partial charge in [0, 0.05) is 28.7 Å². The lowest BCUT2D eigenvalue weighted by Crippen LogP contribution is -2.34. The Labute approximate surface area is 143 Å². The fraction of sp³-hybridized carbons (Fsp3) is 0.462. The van der Waals surface area contributed by atoms with Gasteiger partial charge in [-0.2, -0.15) is 0 Å². The monoisotopic (exact) mass is 415 g/mol. The number of carbonyl (C=O) groups is 1. The Kier molecular flexibility index (Phi) is 5.75. The highest BCUT2D eigenvalue weighted by Crippen LogP contribution is 2.32. The Morgan fingerprint density at radius 2 is 1.86 bits per heavy atom. The zero-order chi connectivity index (χ0) is 16.6. The largest absolute Gasteiger partial charge is 0.341 e. The van der Waals surface area contributed by atoms with Crippen LogP contribution in [0.3, 0.4) is 0 Å². The van der Waals surface area contributed by atoms with E-state index in [9.17, 15) is 13.2 Å². The molecule has 0 saturated carbocycles.